The van der Waals surface area contributed by atoms with Crippen LogP contribution in [0, 0.1) is 12.8 Å². The van der Waals surface area contributed by atoms with Gasteiger partial charge in [0.2, 0.25) is 0 Å². The van der Waals surface area contributed by atoms with Gasteiger partial charge in [0, 0.05) is 23.6 Å². The molecule has 2 rings (SSSR count). The van der Waals surface area contributed by atoms with Crippen LogP contribution in [-0.4, -0.2) is 24.5 Å². The lowest BCUT2D eigenvalue weighted by Crippen LogP contribution is -2.39. The Kier molecular flexibility index (Phi) is 4.23. The van der Waals surface area contributed by atoms with Crippen molar-refractivity contribution in [1.29, 1.82) is 0 Å². The number of nitrogens with zero attached hydrogens (tertiary/aromatic N) is 1. The minimum absolute atomic E-state index is 0.545. The van der Waals surface area contributed by atoms with Gasteiger partial charge >= 0.3 is 0 Å². The highest BCUT2D eigenvalue weighted by Crippen LogP contribution is 2.35. The molecule has 0 amide bonds. The molecule has 94 valence electrons. The third-order valence-corrected chi connectivity index (χ3v) is 4.34. The Balaban J connectivity index is 2.03. The molecule has 0 saturated heterocycles. The van der Waals surface area contributed by atoms with Gasteiger partial charge in [-0.15, -0.1) is 0 Å². The van der Waals surface area contributed by atoms with Crippen LogP contribution in [0.25, 0.3) is 0 Å². The maximum Gasteiger partial charge on any atom is 0.0247 e. The molecule has 1 aliphatic carbocycles. The van der Waals surface area contributed by atoms with Gasteiger partial charge in [-0.3, -0.25) is 4.90 Å². The van der Waals surface area contributed by atoms with Crippen molar-refractivity contribution in [3.8, 4) is 0 Å². The van der Waals surface area contributed by atoms with E-state index in [1.807, 2.05) is 0 Å². The molecule has 1 aromatic rings. The van der Waals surface area contributed by atoms with Crippen LogP contribution in [0.3, 0.4) is 0 Å². The van der Waals surface area contributed by atoms with Gasteiger partial charge in [-0.2, -0.15) is 0 Å². The van der Waals surface area contributed by atoms with Crippen LogP contribution >= 0.6 is 15.9 Å². The largest absolute Gasteiger partial charge is 0.329 e. The van der Waals surface area contributed by atoms with Crippen molar-refractivity contribution in [3.05, 3.63) is 33.8 Å². The first-order valence-electron chi connectivity index (χ1n) is 6.27. The van der Waals surface area contributed by atoms with Gasteiger partial charge in [0.05, 0.1) is 0 Å². The summed E-state index contributed by atoms with van der Waals surface area (Å²) < 4.78 is 1.20. The first-order chi connectivity index (χ1) is 8.11. The third-order valence-electron chi connectivity index (χ3n) is 3.60. The van der Waals surface area contributed by atoms with Crippen molar-refractivity contribution in [1.82, 2.24) is 4.90 Å². The van der Waals surface area contributed by atoms with Crippen molar-refractivity contribution < 1.29 is 0 Å². The quantitative estimate of drug-likeness (QED) is 0.905. The predicted molar refractivity (Wildman–Crippen MR) is 75.9 cm³/mol. The SMILES string of the molecule is Cc1ccc(CN(C)C(CN)C2CC2)c(Br)c1. The highest BCUT2D eigenvalue weighted by Gasteiger charge is 2.32. The molecule has 17 heavy (non-hydrogen) atoms. The summed E-state index contributed by atoms with van der Waals surface area (Å²) in [5.74, 6) is 0.828. The van der Waals surface area contributed by atoms with Gasteiger partial charge in [-0.25, -0.2) is 0 Å². The lowest BCUT2D eigenvalue weighted by atomic mass is 10.1. The summed E-state index contributed by atoms with van der Waals surface area (Å²) in [7, 11) is 2.18. The van der Waals surface area contributed by atoms with Crippen LogP contribution in [0.4, 0.5) is 0 Å². The highest BCUT2D eigenvalue weighted by molar-refractivity contribution is 9.10. The Labute approximate surface area is 112 Å². The lowest BCUT2D eigenvalue weighted by Gasteiger charge is -2.27. The number of aryl methyl sites for hydroxylation is 1. The van der Waals surface area contributed by atoms with Crippen molar-refractivity contribution in [2.24, 2.45) is 11.7 Å². The summed E-state index contributed by atoms with van der Waals surface area (Å²) in [6.07, 6.45) is 2.70. The zero-order valence-corrected chi connectivity index (χ0v) is 12.2. The zero-order chi connectivity index (χ0) is 12.4. The Morgan fingerprint density at radius 2 is 2.18 bits per heavy atom. The highest BCUT2D eigenvalue weighted by atomic mass is 79.9. The van der Waals surface area contributed by atoms with Crippen LogP contribution in [-0.2, 0) is 6.54 Å². The van der Waals surface area contributed by atoms with Gasteiger partial charge in [0.15, 0.2) is 0 Å². The zero-order valence-electron chi connectivity index (χ0n) is 10.6. The average Bonchev–Trinajstić information content (AvgIpc) is 3.08. The second kappa shape index (κ2) is 5.51. The summed E-state index contributed by atoms with van der Waals surface area (Å²) in [6.45, 7) is 3.86. The van der Waals surface area contributed by atoms with Crippen molar-refractivity contribution in [2.75, 3.05) is 13.6 Å². The van der Waals surface area contributed by atoms with E-state index in [0.717, 1.165) is 19.0 Å². The molecular formula is C14H21BrN2. The molecule has 0 heterocycles. The van der Waals surface area contributed by atoms with Crippen LogP contribution < -0.4 is 5.73 Å². The van der Waals surface area contributed by atoms with Gasteiger partial charge in [0.25, 0.3) is 0 Å². The molecule has 1 aliphatic rings. The number of benzene rings is 1. The normalized spacial score (nSPS) is 17.5. The first kappa shape index (κ1) is 13.1. The maximum atomic E-state index is 5.88. The predicted octanol–water partition coefficient (Wildman–Crippen LogP) is 2.93. The summed E-state index contributed by atoms with van der Waals surface area (Å²) in [6, 6.07) is 7.10. The van der Waals surface area contributed by atoms with Gasteiger partial charge in [-0.05, 0) is 49.9 Å². The molecule has 1 saturated carbocycles. The van der Waals surface area contributed by atoms with E-state index in [1.165, 1.54) is 28.4 Å². The van der Waals surface area contributed by atoms with Crippen molar-refractivity contribution >= 4 is 15.9 Å². The van der Waals surface area contributed by atoms with E-state index in [2.05, 4.69) is 53.0 Å². The fraction of sp³-hybridized carbons (Fsp3) is 0.571. The molecule has 3 heteroatoms. The van der Waals surface area contributed by atoms with E-state index in [1.54, 1.807) is 0 Å². The molecule has 0 aliphatic heterocycles. The monoisotopic (exact) mass is 296 g/mol. The van der Waals surface area contributed by atoms with E-state index in [-0.39, 0.29) is 0 Å². The Bertz CT molecular complexity index is 388. The second-order valence-corrected chi connectivity index (χ2v) is 6.00. The summed E-state index contributed by atoms with van der Waals surface area (Å²) >= 11 is 3.64. The summed E-state index contributed by atoms with van der Waals surface area (Å²) in [4.78, 5) is 2.40. The number of hydrogen-bond acceptors (Lipinski definition) is 2. The molecule has 0 aromatic heterocycles. The number of likely N-dealkylation sites (N-methyl/N-ethyl adjacent to an activating group) is 1. The van der Waals surface area contributed by atoms with E-state index in [9.17, 15) is 0 Å². The van der Waals surface area contributed by atoms with Crippen molar-refractivity contribution in [2.45, 2.75) is 32.4 Å². The number of nitrogens with two attached hydrogens (primary N) is 1. The average molecular weight is 297 g/mol. The third kappa shape index (κ3) is 3.30. The first-order valence-corrected chi connectivity index (χ1v) is 7.06. The topological polar surface area (TPSA) is 29.3 Å². The Morgan fingerprint density at radius 1 is 1.47 bits per heavy atom. The van der Waals surface area contributed by atoms with Crippen LogP contribution in [0.1, 0.15) is 24.0 Å². The number of hydrogen-bond donors (Lipinski definition) is 1. The van der Waals surface area contributed by atoms with Crippen LogP contribution in [0.15, 0.2) is 22.7 Å². The maximum absolute atomic E-state index is 5.88. The summed E-state index contributed by atoms with van der Waals surface area (Å²) in [5, 5.41) is 0. The molecule has 1 atom stereocenters. The molecule has 0 spiro atoms. The van der Waals surface area contributed by atoms with Gasteiger partial charge < -0.3 is 5.73 Å². The second-order valence-electron chi connectivity index (χ2n) is 5.15. The minimum atomic E-state index is 0.545. The molecule has 0 bridgehead atoms. The molecular weight excluding hydrogens is 276 g/mol. The lowest BCUT2D eigenvalue weighted by molar-refractivity contribution is 0.215. The van der Waals surface area contributed by atoms with E-state index < -0.39 is 0 Å². The molecule has 1 fully saturated rings. The molecule has 0 radical (unpaired) electrons. The van der Waals surface area contributed by atoms with Crippen LogP contribution in [0.5, 0.6) is 0 Å². The molecule has 1 unspecified atom stereocenters. The van der Waals surface area contributed by atoms with Crippen LogP contribution in [0.2, 0.25) is 0 Å². The Morgan fingerprint density at radius 3 is 2.71 bits per heavy atom. The van der Waals surface area contributed by atoms with E-state index in [0.29, 0.717) is 6.04 Å². The van der Waals surface area contributed by atoms with Gasteiger partial charge in [-0.1, -0.05) is 28.1 Å². The smallest absolute Gasteiger partial charge is 0.0247 e. The van der Waals surface area contributed by atoms with E-state index in [4.69, 9.17) is 5.73 Å². The molecule has 2 nitrogen and oxygen atoms in total. The van der Waals surface area contributed by atoms with Gasteiger partial charge in [0.1, 0.15) is 0 Å². The molecule has 1 aromatic carbocycles. The fourth-order valence-electron chi connectivity index (χ4n) is 2.38. The number of halogens is 1. The fourth-order valence-corrected chi connectivity index (χ4v) is 3.00. The molecule has 2 N–H and O–H groups in total. The van der Waals surface area contributed by atoms with Crippen molar-refractivity contribution in [3.63, 3.8) is 0 Å². The minimum Gasteiger partial charge on any atom is -0.329 e. The Hall–Kier alpha value is -0.380. The number of rotatable bonds is 5. The standard InChI is InChI=1S/C14H21BrN2/c1-10-3-4-12(13(15)7-10)9-17(2)14(8-16)11-5-6-11/h3-4,7,11,14H,5-6,8-9,16H2,1-2H3. The van der Waals surface area contributed by atoms with E-state index >= 15 is 0 Å². The summed E-state index contributed by atoms with van der Waals surface area (Å²) in [5.41, 5.74) is 8.51.